The molecule has 0 aromatic rings. The number of hydrogen-bond acceptors (Lipinski definition) is 1. The molecule has 20 heavy (non-hydrogen) atoms. The summed E-state index contributed by atoms with van der Waals surface area (Å²) in [6.45, 7) is 8.11. The molecule has 0 aliphatic heterocycles. The van der Waals surface area contributed by atoms with Crippen LogP contribution in [0, 0.1) is 17.3 Å². The second-order valence-electron chi connectivity index (χ2n) is 7.45. The minimum Gasteiger partial charge on any atom is -0.330 e. The van der Waals surface area contributed by atoms with Crippen molar-refractivity contribution in [1.29, 1.82) is 0 Å². The molecule has 1 heteroatoms. The molecule has 0 amide bonds. The Hall–Kier alpha value is -0.0400. The number of rotatable bonds is 12. The predicted octanol–water partition coefficient (Wildman–Crippen LogP) is 5.92. The van der Waals surface area contributed by atoms with Gasteiger partial charge in [0.15, 0.2) is 0 Å². The van der Waals surface area contributed by atoms with Gasteiger partial charge < -0.3 is 5.73 Å². The second-order valence-corrected chi connectivity index (χ2v) is 7.45. The third kappa shape index (κ3) is 5.39. The van der Waals surface area contributed by atoms with E-state index in [0.717, 1.165) is 18.4 Å². The maximum atomic E-state index is 5.97. The van der Waals surface area contributed by atoms with Crippen molar-refractivity contribution in [3.05, 3.63) is 0 Å². The van der Waals surface area contributed by atoms with Crippen LogP contribution in [0.3, 0.4) is 0 Å². The Bertz CT molecular complexity index is 236. The van der Waals surface area contributed by atoms with Crippen LogP contribution >= 0.6 is 0 Å². The maximum absolute atomic E-state index is 5.97. The summed E-state index contributed by atoms with van der Waals surface area (Å²) in [7, 11) is 0. The second kappa shape index (κ2) is 9.82. The molecule has 3 atom stereocenters. The van der Waals surface area contributed by atoms with Crippen LogP contribution in [0.1, 0.15) is 97.8 Å². The Morgan fingerprint density at radius 3 is 1.90 bits per heavy atom. The molecule has 1 aliphatic carbocycles. The normalized spacial score (nSPS) is 25.2. The lowest BCUT2D eigenvalue weighted by Crippen LogP contribution is -2.43. The molecule has 1 rings (SSSR count). The summed E-state index contributed by atoms with van der Waals surface area (Å²) in [4.78, 5) is 0. The van der Waals surface area contributed by atoms with E-state index in [9.17, 15) is 0 Å². The highest BCUT2D eigenvalue weighted by Gasteiger charge is 2.42. The van der Waals surface area contributed by atoms with Crippen LogP contribution in [0.2, 0.25) is 0 Å². The highest BCUT2D eigenvalue weighted by atomic mass is 14.6. The molecule has 1 aliphatic rings. The molecule has 1 saturated carbocycles. The highest BCUT2D eigenvalue weighted by Crippen LogP contribution is 2.51. The first kappa shape index (κ1) is 18.0. The minimum absolute atomic E-state index is 0.587. The van der Waals surface area contributed by atoms with E-state index in [1.54, 1.807) is 0 Å². The van der Waals surface area contributed by atoms with Crippen LogP contribution in [0.4, 0.5) is 0 Å². The zero-order chi connectivity index (χ0) is 14.8. The van der Waals surface area contributed by atoms with Crippen molar-refractivity contribution in [1.82, 2.24) is 0 Å². The summed E-state index contributed by atoms with van der Waals surface area (Å²) in [5.41, 5.74) is 6.56. The smallest absolute Gasteiger partial charge is 0.00460 e. The Labute approximate surface area is 128 Å². The fourth-order valence-electron chi connectivity index (χ4n) is 4.18. The van der Waals surface area contributed by atoms with Gasteiger partial charge in [-0.15, -0.1) is 0 Å². The highest BCUT2D eigenvalue weighted by molar-refractivity contribution is 4.93. The van der Waals surface area contributed by atoms with E-state index in [2.05, 4.69) is 20.8 Å². The maximum Gasteiger partial charge on any atom is -0.00460 e. The summed E-state index contributed by atoms with van der Waals surface area (Å²) in [5, 5.41) is 0. The van der Waals surface area contributed by atoms with E-state index < -0.39 is 0 Å². The largest absolute Gasteiger partial charge is 0.330 e. The quantitative estimate of drug-likeness (QED) is 0.442. The molecule has 0 aromatic carbocycles. The monoisotopic (exact) mass is 281 g/mol. The summed E-state index contributed by atoms with van der Waals surface area (Å²) in [6.07, 6.45) is 17.0. The lowest BCUT2D eigenvalue weighted by atomic mass is 9.57. The van der Waals surface area contributed by atoms with E-state index in [1.165, 1.54) is 77.0 Å². The average Bonchev–Trinajstić information content (AvgIpc) is 2.38. The first-order valence-corrected chi connectivity index (χ1v) is 9.38. The van der Waals surface area contributed by atoms with E-state index in [0.29, 0.717) is 5.41 Å². The minimum atomic E-state index is 0.587. The van der Waals surface area contributed by atoms with Gasteiger partial charge in [-0.05, 0) is 49.5 Å². The van der Waals surface area contributed by atoms with E-state index in [4.69, 9.17) is 5.73 Å². The molecule has 0 heterocycles. The molecular weight excluding hydrogens is 242 g/mol. The van der Waals surface area contributed by atoms with Crippen molar-refractivity contribution in [3.8, 4) is 0 Å². The third-order valence-corrected chi connectivity index (χ3v) is 5.82. The molecule has 1 fully saturated rings. The molecule has 1 nitrogen and oxygen atoms in total. The van der Waals surface area contributed by atoms with E-state index >= 15 is 0 Å². The molecule has 1 unspecified atom stereocenters. The molecule has 120 valence electrons. The van der Waals surface area contributed by atoms with Gasteiger partial charge >= 0.3 is 0 Å². The van der Waals surface area contributed by atoms with Crippen LogP contribution in [-0.2, 0) is 0 Å². The van der Waals surface area contributed by atoms with Gasteiger partial charge in [-0.25, -0.2) is 0 Å². The van der Waals surface area contributed by atoms with Gasteiger partial charge in [0, 0.05) is 0 Å². The van der Waals surface area contributed by atoms with Gasteiger partial charge in [0.25, 0.3) is 0 Å². The predicted molar refractivity (Wildman–Crippen MR) is 90.9 cm³/mol. The number of hydrogen-bond donors (Lipinski definition) is 1. The first-order valence-electron chi connectivity index (χ1n) is 9.38. The number of unbranched alkanes of at least 4 members (excludes halogenated alkanes) is 6. The van der Waals surface area contributed by atoms with Crippen molar-refractivity contribution in [2.75, 3.05) is 6.54 Å². The summed E-state index contributed by atoms with van der Waals surface area (Å²) in [6, 6.07) is 0. The first-order chi connectivity index (χ1) is 9.68. The summed E-state index contributed by atoms with van der Waals surface area (Å²) in [5.74, 6) is 1.76. The fourth-order valence-corrected chi connectivity index (χ4v) is 4.18. The molecule has 0 radical (unpaired) electrons. The summed E-state index contributed by atoms with van der Waals surface area (Å²) < 4.78 is 0. The lowest BCUT2D eigenvalue weighted by Gasteiger charge is -2.49. The molecule has 0 aromatic heterocycles. The van der Waals surface area contributed by atoms with Crippen molar-refractivity contribution in [2.45, 2.75) is 97.8 Å². The van der Waals surface area contributed by atoms with Crippen LogP contribution in [0.15, 0.2) is 0 Å². The van der Waals surface area contributed by atoms with Crippen LogP contribution in [0.25, 0.3) is 0 Å². The van der Waals surface area contributed by atoms with Crippen molar-refractivity contribution in [2.24, 2.45) is 23.0 Å². The van der Waals surface area contributed by atoms with Gasteiger partial charge in [0.2, 0.25) is 0 Å². The van der Waals surface area contributed by atoms with Crippen molar-refractivity contribution >= 4 is 0 Å². The van der Waals surface area contributed by atoms with Gasteiger partial charge in [-0.2, -0.15) is 0 Å². The van der Waals surface area contributed by atoms with Gasteiger partial charge in [0.05, 0.1) is 0 Å². The molecule has 2 N–H and O–H groups in total. The SMILES string of the molecule is CCCCCCC[C@@](C)(CCCCC)C1CC[C@@H]1CN. The average molecular weight is 282 g/mol. The van der Waals surface area contributed by atoms with Crippen LogP contribution < -0.4 is 5.73 Å². The van der Waals surface area contributed by atoms with Gasteiger partial charge in [0.1, 0.15) is 0 Å². The van der Waals surface area contributed by atoms with Crippen LogP contribution in [0.5, 0.6) is 0 Å². The topological polar surface area (TPSA) is 26.0 Å². The molecular formula is C19H39N. The lowest BCUT2D eigenvalue weighted by molar-refractivity contribution is 0.0165. The van der Waals surface area contributed by atoms with E-state index in [1.807, 2.05) is 0 Å². The Morgan fingerprint density at radius 1 is 0.850 bits per heavy atom. The Morgan fingerprint density at radius 2 is 1.40 bits per heavy atom. The van der Waals surface area contributed by atoms with Gasteiger partial charge in [-0.1, -0.05) is 72.1 Å². The summed E-state index contributed by atoms with van der Waals surface area (Å²) >= 11 is 0. The molecule has 0 saturated heterocycles. The molecule has 0 bridgehead atoms. The van der Waals surface area contributed by atoms with Crippen molar-refractivity contribution in [3.63, 3.8) is 0 Å². The van der Waals surface area contributed by atoms with Crippen LogP contribution in [-0.4, -0.2) is 6.54 Å². The Balaban J connectivity index is 2.41. The third-order valence-electron chi connectivity index (χ3n) is 5.82. The standard InChI is InChI=1S/C19H39N/c1-4-6-8-9-11-15-19(3,14-10-7-5-2)18-13-12-17(18)16-20/h17-18H,4-16,20H2,1-3H3/t17-,18?,19-/m1/s1. The fraction of sp³-hybridized carbons (Fsp3) is 1.00. The number of nitrogens with two attached hydrogens (primary N) is 1. The zero-order valence-electron chi connectivity index (χ0n) is 14.4. The van der Waals surface area contributed by atoms with Gasteiger partial charge in [-0.3, -0.25) is 0 Å². The zero-order valence-corrected chi connectivity index (χ0v) is 14.4. The van der Waals surface area contributed by atoms with E-state index in [-0.39, 0.29) is 0 Å². The Kier molecular flexibility index (Phi) is 8.84. The van der Waals surface area contributed by atoms with Crippen molar-refractivity contribution < 1.29 is 0 Å². The molecule has 0 spiro atoms.